The summed E-state index contributed by atoms with van der Waals surface area (Å²) in [5, 5.41) is 2.80. The molecular formula is C25H25F2N3O3. The van der Waals surface area contributed by atoms with Gasteiger partial charge < -0.3 is 14.6 Å². The Kier molecular flexibility index (Phi) is 6.53. The largest absolute Gasteiger partial charge is 0.451 e. The van der Waals surface area contributed by atoms with Crippen molar-refractivity contribution in [3.63, 3.8) is 0 Å². The summed E-state index contributed by atoms with van der Waals surface area (Å²) in [5.74, 6) is -3.92. The minimum atomic E-state index is -2.72. The fourth-order valence-electron chi connectivity index (χ4n) is 3.95. The Labute approximate surface area is 190 Å². The normalized spacial score (nSPS) is 15.7. The topological polar surface area (TPSA) is 75.4 Å². The molecule has 1 N–H and O–H groups in total. The van der Waals surface area contributed by atoms with Crippen molar-refractivity contribution in [1.29, 1.82) is 0 Å². The molecule has 0 bridgehead atoms. The van der Waals surface area contributed by atoms with Crippen molar-refractivity contribution in [2.45, 2.75) is 38.5 Å². The van der Waals surface area contributed by atoms with Gasteiger partial charge in [-0.05, 0) is 44.0 Å². The number of amides is 2. The molecule has 1 heterocycles. The van der Waals surface area contributed by atoms with Crippen LogP contribution in [0.3, 0.4) is 0 Å². The summed E-state index contributed by atoms with van der Waals surface area (Å²) in [4.78, 5) is 31.5. The summed E-state index contributed by atoms with van der Waals surface area (Å²) in [6.45, 7) is 1.72. The molecule has 1 aliphatic carbocycles. The number of hydrogen-bond acceptors (Lipinski definition) is 4. The number of alkyl halides is 2. The molecule has 6 nitrogen and oxygen atoms in total. The lowest BCUT2D eigenvalue weighted by molar-refractivity contribution is -0.128. The first kappa shape index (κ1) is 22.6. The van der Waals surface area contributed by atoms with Crippen LogP contribution < -0.4 is 10.2 Å². The highest BCUT2D eigenvalue weighted by molar-refractivity contribution is 6.03. The van der Waals surface area contributed by atoms with Gasteiger partial charge in [0.15, 0.2) is 6.39 Å². The molecule has 1 saturated carbocycles. The molecule has 3 aromatic rings. The third-order valence-corrected chi connectivity index (χ3v) is 5.88. The Morgan fingerprint density at radius 1 is 1.09 bits per heavy atom. The highest BCUT2D eigenvalue weighted by Gasteiger charge is 2.39. The van der Waals surface area contributed by atoms with Gasteiger partial charge in [0.05, 0.1) is 0 Å². The van der Waals surface area contributed by atoms with Crippen molar-refractivity contribution in [3.05, 3.63) is 66.8 Å². The van der Waals surface area contributed by atoms with Crippen molar-refractivity contribution in [2.24, 2.45) is 5.92 Å². The number of nitrogens with one attached hydrogen (secondary N) is 1. The van der Waals surface area contributed by atoms with Crippen LogP contribution in [0.25, 0.3) is 11.3 Å². The van der Waals surface area contributed by atoms with Gasteiger partial charge in [-0.2, -0.15) is 0 Å². The molecule has 172 valence electrons. The third-order valence-electron chi connectivity index (χ3n) is 5.88. The monoisotopic (exact) mass is 453 g/mol. The maximum atomic E-state index is 13.6. The van der Waals surface area contributed by atoms with Gasteiger partial charge in [-0.3, -0.25) is 9.59 Å². The zero-order valence-electron chi connectivity index (χ0n) is 18.3. The van der Waals surface area contributed by atoms with Crippen molar-refractivity contribution in [3.8, 4) is 11.3 Å². The lowest BCUT2D eigenvalue weighted by atomic mass is 9.85. The molecule has 2 aromatic carbocycles. The Morgan fingerprint density at radius 2 is 1.76 bits per heavy atom. The lowest BCUT2D eigenvalue weighted by Crippen LogP contribution is -2.43. The predicted octanol–water partition coefficient (Wildman–Crippen LogP) is 5.45. The van der Waals surface area contributed by atoms with Crippen molar-refractivity contribution < 1.29 is 22.8 Å². The number of carbonyl (C=O) groups is 2. The van der Waals surface area contributed by atoms with E-state index < -0.39 is 11.8 Å². The number of benzene rings is 2. The van der Waals surface area contributed by atoms with Gasteiger partial charge in [0.2, 0.25) is 17.7 Å². The first-order chi connectivity index (χ1) is 15.8. The summed E-state index contributed by atoms with van der Waals surface area (Å²) < 4.78 is 32.1. The summed E-state index contributed by atoms with van der Waals surface area (Å²) >= 11 is 0. The summed E-state index contributed by atoms with van der Waals surface area (Å²) in [7, 11) is 0. The van der Waals surface area contributed by atoms with Gasteiger partial charge in [-0.25, -0.2) is 13.8 Å². The number of oxazole rings is 1. The fraction of sp³-hybridized carbons (Fsp3) is 0.320. The zero-order chi connectivity index (χ0) is 23.4. The number of rotatable bonds is 6. The molecule has 0 spiro atoms. The molecule has 0 atom stereocenters. The number of hydrogen-bond donors (Lipinski definition) is 1. The van der Waals surface area contributed by atoms with Crippen LogP contribution in [0.15, 0.2) is 65.6 Å². The van der Waals surface area contributed by atoms with E-state index >= 15 is 0 Å². The molecule has 33 heavy (non-hydrogen) atoms. The van der Waals surface area contributed by atoms with Gasteiger partial charge in [0.25, 0.3) is 0 Å². The molecular weight excluding hydrogens is 428 g/mol. The van der Waals surface area contributed by atoms with E-state index in [1.165, 1.54) is 17.6 Å². The first-order valence-corrected chi connectivity index (χ1v) is 10.9. The highest BCUT2D eigenvalue weighted by Crippen LogP contribution is 2.37. The quantitative estimate of drug-likeness (QED) is 0.539. The van der Waals surface area contributed by atoms with Crippen molar-refractivity contribution >= 4 is 23.2 Å². The Morgan fingerprint density at radius 3 is 2.36 bits per heavy atom. The SMILES string of the molecule is Cc1ccc(N(CC(=O)Nc2ccc(-c3cocn3)cc2)C(=O)C2CCC(F)(F)CC2)cc1. The van der Waals surface area contributed by atoms with E-state index in [4.69, 9.17) is 4.42 Å². The van der Waals surface area contributed by atoms with E-state index in [0.717, 1.165) is 11.1 Å². The van der Waals surface area contributed by atoms with Gasteiger partial charge in [0, 0.05) is 35.7 Å². The number of carbonyl (C=O) groups excluding carboxylic acids is 2. The average molecular weight is 453 g/mol. The molecule has 0 unspecified atom stereocenters. The zero-order valence-corrected chi connectivity index (χ0v) is 18.3. The van der Waals surface area contributed by atoms with E-state index in [0.29, 0.717) is 17.1 Å². The van der Waals surface area contributed by atoms with Crippen LogP contribution in [-0.4, -0.2) is 29.3 Å². The van der Waals surface area contributed by atoms with Gasteiger partial charge in [-0.15, -0.1) is 0 Å². The number of aromatic nitrogens is 1. The van der Waals surface area contributed by atoms with E-state index in [1.54, 1.807) is 36.4 Å². The second-order valence-corrected chi connectivity index (χ2v) is 8.39. The lowest BCUT2D eigenvalue weighted by Gasteiger charge is -2.32. The number of aryl methyl sites for hydroxylation is 1. The molecule has 0 saturated heterocycles. The van der Waals surface area contributed by atoms with Crippen LogP contribution in [-0.2, 0) is 9.59 Å². The molecule has 0 aliphatic heterocycles. The number of nitrogens with zero attached hydrogens (tertiary/aromatic N) is 2. The Hall–Kier alpha value is -3.55. The highest BCUT2D eigenvalue weighted by atomic mass is 19.3. The molecule has 1 aliphatic rings. The Balaban J connectivity index is 1.47. The predicted molar refractivity (Wildman–Crippen MR) is 121 cm³/mol. The van der Waals surface area contributed by atoms with Crippen LogP contribution in [0.2, 0.25) is 0 Å². The van der Waals surface area contributed by atoms with Crippen LogP contribution in [0.5, 0.6) is 0 Å². The van der Waals surface area contributed by atoms with E-state index in [-0.39, 0.29) is 44.0 Å². The van der Waals surface area contributed by atoms with Crippen molar-refractivity contribution in [2.75, 3.05) is 16.8 Å². The smallest absolute Gasteiger partial charge is 0.248 e. The molecule has 0 radical (unpaired) electrons. The minimum Gasteiger partial charge on any atom is -0.451 e. The maximum Gasteiger partial charge on any atom is 0.248 e. The third kappa shape index (κ3) is 5.63. The second kappa shape index (κ2) is 9.52. The van der Waals surface area contributed by atoms with Gasteiger partial charge >= 0.3 is 0 Å². The van der Waals surface area contributed by atoms with Gasteiger partial charge in [-0.1, -0.05) is 29.8 Å². The van der Waals surface area contributed by atoms with E-state index in [9.17, 15) is 18.4 Å². The Bertz CT molecular complexity index is 1090. The number of anilines is 2. The van der Waals surface area contributed by atoms with E-state index in [2.05, 4.69) is 10.3 Å². The van der Waals surface area contributed by atoms with Crippen LogP contribution in [0.4, 0.5) is 20.2 Å². The van der Waals surface area contributed by atoms with Crippen molar-refractivity contribution in [1.82, 2.24) is 4.98 Å². The minimum absolute atomic E-state index is 0.110. The summed E-state index contributed by atoms with van der Waals surface area (Å²) in [6, 6.07) is 14.3. The molecule has 2 amide bonds. The molecule has 4 rings (SSSR count). The van der Waals surface area contributed by atoms with Crippen LogP contribution in [0, 0.1) is 12.8 Å². The van der Waals surface area contributed by atoms with Crippen LogP contribution in [0.1, 0.15) is 31.2 Å². The fourth-order valence-corrected chi connectivity index (χ4v) is 3.95. The average Bonchev–Trinajstić information content (AvgIpc) is 3.33. The van der Waals surface area contributed by atoms with Gasteiger partial charge in [0.1, 0.15) is 18.5 Å². The summed E-state index contributed by atoms with van der Waals surface area (Å²) in [6.07, 6.45) is 2.47. The standard InChI is InChI=1S/C25H25F2N3O3/c1-17-2-8-21(9-3-17)30(24(32)19-10-12-25(26,27)13-11-19)14-23(31)29-20-6-4-18(5-7-20)22-15-33-16-28-22/h2-9,15-16,19H,10-14H2,1H3,(H,29,31). The van der Waals surface area contributed by atoms with Crippen LogP contribution >= 0.6 is 0 Å². The number of halogens is 2. The second-order valence-electron chi connectivity index (χ2n) is 8.39. The first-order valence-electron chi connectivity index (χ1n) is 10.9. The molecule has 1 fully saturated rings. The molecule has 1 aromatic heterocycles. The molecule has 8 heteroatoms. The summed E-state index contributed by atoms with van der Waals surface area (Å²) in [5.41, 5.74) is 3.68. The van der Waals surface area contributed by atoms with E-state index in [1.807, 2.05) is 19.1 Å². The maximum absolute atomic E-state index is 13.6.